The third-order valence-corrected chi connectivity index (χ3v) is 4.64. The van der Waals surface area contributed by atoms with E-state index in [-0.39, 0.29) is 5.91 Å². The zero-order valence-electron chi connectivity index (χ0n) is 11.7. The van der Waals surface area contributed by atoms with Crippen molar-refractivity contribution >= 4 is 32.6 Å². The van der Waals surface area contributed by atoms with Crippen molar-refractivity contribution in [2.45, 2.75) is 33.2 Å². The van der Waals surface area contributed by atoms with E-state index in [1.165, 1.54) is 11.3 Å². The van der Waals surface area contributed by atoms with Crippen molar-refractivity contribution in [1.82, 2.24) is 4.98 Å². The van der Waals surface area contributed by atoms with Crippen molar-refractivity contribution in [3.8, 4) is 0 Å². The van der Waals surface area contributed by atoms with Gasteiger partial charge in [-0.05, 0) is 39.8 Å². The molecule has 0 aliphatic carbocycles. The maximum atomic E-state index is 12.3. The number of carbonyl (C=O) groups is 1. The number of nitrogens with two attached hydrogens (primary N) is 1. The van der Waals surface area contributed by atoms with Crippen LogP contribution in [0.25, 0.3) is 10.2 Å². The number of hydrogen-bond donors (Lipinski definition) is 2. The maximum absolute atomic E-state index is 12.3. The van der Waals surface area contributed by atoms with Crippen LogP contribution in [0.3, 0.4) is 0 Å². The first-order chi connectivity index (χ1) is 8.72. The molecule has 1 aromatic carbocycles. The van der Waals surface area contributed by atoms with E-state index in [9.17, 15) is 4.79 Å². The fourth-order valence-electron chi connectivity index (χ4n) is 1.47. The molecular weight excluding hydrogens is 258 g/mol. The van der Waals surface area contributed by atoms with Crippen LogP contribution in [-0.2, 0) is 4.79 Å². The number of hydrogen-bond acceptors (Lipinski definition) is 4. The molecule has 2 aromatic rings. The summed E-state index contributed by atoms with van der Waals surface area (Å²) >= 11 is 1.47. The smallest absolute Gasteiger partial charge is 0.233 e. The van der Waals surface area contributed by atoms with Crippen molar-refractivity contribution in [1.29, 1.82) is 0 Å². The normalized spacial score (nSPS) is 12.7. The number of thiazole rings is 1. The molecule has 1 heterocycles. The second-order valence-corrected chi connectivity index (χ2v) is 6.82. The van der Waals surface area contributed by atoms with Gasteiger partial charge in [0.05, 0.1) is 15.6 Å². The second-order valence-electron chi connectivity index (χ2n) is 5.79. The number of rotatable bonds is 3. The Balaban J connectivity index is 2.24. The minimum Gasteiger partial charge on any atom is -0.325 e. The Labute approximate surface area is 117 Å². The van der Waals surface area contributed by atoms with Gasteiger partial charge in [0, 0.05) is 5.54 Å². The summed E-state index contributed by atoms with van der Waals surface area (Å²) in [4.78, 5) is 16.7. The summed E-state index contributed by atoms with van der Waals surface area (Å²) in [5.41, 5.74) is 5.68. The molecule has 1 amide bonds. The highest BCUT2D eigenvalue weighted by molar-refractivity contribution is 7.22. The van der Waals surface area contributed by atoms with Gasteiger partial charge in [-0.1, -0.05) is 23.5 Å². The Morgan fingerprint density at radius 1 is 1.26 bits per heavy atom. The van der Waals surface area contributed by atoms with Gasteiger partial charge >= 0.3 is 0 Å². The summed E-state index contributed by atoms with van der Waals surface area (Å²) in [5.74, 6) is -0.112. The van der Waals surface area contributed by atoms with Gasteiger partial charge in [0.25, 0.3) is 0 Å². The lowest BCUT2D eigenvalue weighted by molar-refractivity contribution is -0.126. The SMILES string of the molecule is CC(C)(N)C(C)(C)C(=O)Nc1nc2ccccc2s1. The quantitative estimate of drug-likeness (QED) is 0.906. The van der Waals surface area contributed by atoms with Crippen LogP contribution in [0.2, 0.25) is 0 Å². The van der Waals surface area contributed by atoms with E-state index in [2.05, 4.69) is 10.3 Å². The van der Waals surface area contributed by atoms with Gasteiger partial charge in [-0.3, -0.25) is 4.79 Å². The Bertz CT molecular complexity index is 577. The van der Waals surface area contributed by atoms with Crippen LogP contribution in [-0.4, -0.2) is 16.4 Å². The van der Waals surface area contributed by atoms with Gasteiger partial charge in [0.1, 0.15) is 0 Å². The van der Waals surface area contributed by atoms with Crippen molar-refractivity contribution in [3.63, 3.8) is 0 Å². The lowest BCUT2D eigenvalue weighted by Crippen LogP contribution is -2.53. The number of fused-ring (bicyclic) bond motifs is 1. The van der Waals surface area contributed by atoms with Gasteiger partial charge in [-0.25, -0.2) is 4.98 Å². The fourth-order valence-corrected chi connectivity index (χ4v) is 2.33. The molecular formula is C14H19N3OS. The van der Waals surface area contributed by atoms with Crippen LogP contribution in [0, 0.1) is 5.41 Å². The predicted molar refractivity (Wildman–Crippen MR) is 80.3 cm³/mol. The molecule has 1 aromatic heterocycles. The van der Waals surface area contributed by atoms with E-state index in [1.54, 1.807) is 0 Å². The highest BCUT2D eigenvalue weighted by Gasteiger charge is 2.40. The van der Waals surface area contributed by atoms with E-state index >= 15 is 0 Å². The van der Waals surface area contributed by atoms with Crippen LogP contribution >= 0.6 is 11.3 Å². The first-order valence-electron chi connectivity index (χ1n) is 6.18. The van der Waals surface area contributed by atoms with E-state index in [0.717, 1.165) is 10.2 Å². The van der Waals surface area contributed by atoms with Crippen LogP contribution < -0.4 is 11.1 Å². The third kappa shape index (κ3) is 2.62. The van der Waals surface area contributed by atoms with E-state index < -0.39 is 11.0 Å². The number of para-hydroxylation sites is 1. The number of benzene rings is 1. The molecule has 0 aliphatic rings. The summed E-state index contributed by atoms with van der Waals surface area (Å²) in [6, 6.07) is 7.81. The number of aromatic nitrogens is 1. The van der Waals surface area contributed by atoms with Crippen molar-refractivity contribution in [2.75, 3.05) is 5.32 Å². The molecule has 0 bridgehead atoms. The average Bonchev–Trinajstić information content (AvgIpc) is 2.69. The minimum atomic E-state index is -0.676. The summed E-state index contributed by atoms with van der Waals surface area (Å²) in [6.45, 7) is 7.39. The molecule has 5 heteroatoms. The van der Waals surface area contributed by atoms with Crippen LogP contribution in [0.15, 0.2) is 24.3 Å². The summed E-state index contributed by atoms with van der Waals surface area (Å²) < 4.78 is 1.06. The molecule has 0 radical (unpaired) electrons. The Morgan fingerprint density at radius 2 is 1.89 bits per heavy atom. The monoisotopic (exact) mass is 277 g/mol. The average molecular weight is 277 g/mol. The summed E-state index contributed by atoms with van der Waals surface area (Å²) in [6.07, 6.45) is 0. The molecule has 0 fully saturated rings. The molecule has 0 saturated heterocycles. The number of nitrogens with one attached hydrogen (secondary N) is 1. The highest BCUT2D eigenvalue weighted by Crippen LogP contribution is 2.31. The Morgan fingerprint density at radius 3 is 2.47 bits per heavy atom. The van der Waals surface area contributed by atoms with Crippen LogP contribution in [0.4, 0.5) is 5.13 Å². The molecule has 102 valence electrons. The van der Waals surface area contributed by atoms with Crippen molar-refractivity contribution in [3.05, 3.63) is 24.3 Å². The van der Waals surface area contributed by atoms with Crippen molar-refractivity contribution in [2.24, 2.45) is 11.1 Å². The molecule has 2 rings (SSSR count). The lowest BCUT2D eigenvalue weighted by atomic mass is 9.74. The van der Waals surface area contributed by atoms with E-state index in [1.807, 2.05) is 52.0 Å². The second kappa shape index (κ2) is 4.58. The Hall–Kier alpha value is -1.46. The van der Waals surface area contributed by atoms with Crippen LogP contribution in [0.5, 0.6) is 0 Å². The first kappa shape index (κ1) is 14.0. The molecule has 4 nitrogen and oxygen atoms in total. The van der Waals surface area contributed by atoms with Gasteiger partial charge in [-0.2, -0.15) is 0 Å². The zero-order valence-corrected chi connectivity index (χ0v) is 12.5. The van der Waals surface area contributed by atoms with Gasteiger partial charge in [-0.15, -0.1) is 0 Å². The van der Waals surface area contributed by atoms with Crippen LogP contribution in [0.1, 0.15) is 27.7 Å². The fraction of sp³-hybridized carbons (Fsp3) is 0.429. The van der Waals surface area contributed by atoms with E-state index in [4.69, 9.17) is 5.73 Å². The highest BCUT2D eigenvalue weighted by atomic mass is 32.1. The number of carbonyl (C=O) groups excluding carboxylic acids is 1. The third-order valence-electron chi connectivity index (χ3n) is 3.69. The first-order valence-corrected chi connectivity index (χ1v) is 6.99. The lowest BCUT2D eigenvalue weighted by Gasteiger charge is -2.36. The van der Waals surface area contributed by atoms with Gasteiger partial charge in [0.15, 0.2) is 5.13 Å². The predicted octanol–water partition coefficient (Wildman–Crippen LogP) is 3.00. The molecule has 0 unspecified atom stereocenters. The molecule has 0 saturated carbocycles. The van der Waals surface area contributed by atoms with E-state index in [0.29, 0.717) is 5.13 Å². The summed E-state index contributed by atoms with van der Waals surface area (Å²) in [7, 11) is 0. The molecule has 3 N–H and O–H groups in total. The number of anilines is 1. The molecule has 0 spiro atoms. The molecule has 0 atom stereocenters. The standard InChI is InChI=1S/C14H19N3OS/c1-13(2,14(3,4)15)11(18)17-12-16-9-7-5-6-8-10(9)19-12/h5-8H,15H2,1-4H3,(H,16,17,18). The molecule has 19 heavy (non-hydrogen) atoms. The number of amides is 1. The van der Waals surface area contributed by atoms with Gasteiger partial charge in [0.2, 0.25) is 5.91 Å². The Kier molecular flexibility index (Phi) is 3.36. The summed E-state index contributed by atoms with van der Waals surface area (Å²) in [5, 5.41) is 3.48. The van der Waals surface area contributed by atoms with Gasteiger partial charge < -0.3 is 11.1 Å². The van der Waals surface area contributed by atoms with Crippen molar-refractivity contribution < 1.29 is 4.79 Å². The minimum absolute atomic E-state index is 0.112. The molecule has 0 aliphatic heterocycles. The number of nitrogens with zero attached hydrogens (tertiary/aromatic N) is 1. The largest absolute Gasteiger partial charge is 0.325 e. The topological polar surface area (TPSA) is 68.0 Å². The maximum Gasteiger partial charge on any atom is 0.233 e. The zero-order chi connectivity index (χ0) is 14.3.